The lowest BCUT2D eigenvalue weighted by Crippen LogP contribution is -2.50. The highest BCUT2D eigenvalue weighted by atomic mass is 32.1. The van der Waals surface area contributed by atoms with Crippen molar-refractivity contribution in [3.63, 3.8) is 0 Å². The summed E-state index contributed by atoms with van der Waals surface area (Å²) in [4.78, 5) is 35.2. The second-order valence-corrected chi connectivity index (χ2v) is 5.30. The molecular formula is C13H18N2O5S. The maximum atomic E-state index is 11.9. The zero-order valence-electron chi connectivity index (χ0n) is 11.8. The summed E-state index contributed by atoms with van der Waals surface area (Å²) < 4.78 is 4.80. The molecule has 2 amide bonds. The van der Waals surface area contributed by atoms with Gasteiger partial charge in [-0.2, -0.15) is 0 Å². The molecule has 8 heteroatoms. The Kier molecular flexibility index (Phi) is 6.83. The van der Waals surface area contributed by atoms with Crippen LogP contribution in [0, 0.1) is 0 Å². The highest BCUT2D eigenvalue weighted by molar-refractivity contribution is 7.12. The van der Waals surface area contributed by atoms with Crippen molar-refractivity contribution in [3.8, 4) is 0 Å². The third-order valence-corrected chi connectivity index (χ3v) is 3.58. The van der Waals surface area contributed by atoms with Crippen molar-refractivity contribution < 1.29 is 24.2 Å². The highest BCUT2D eigenvalue weighted by Gasteiger charge is 2.24. The molecular weight excluding hydrogens is 296 g/mol. The molecule has 0 radical (unpaired) electrons. The Morgan fingerprint density at radius 2 is 2.10 bits per heavy atom. The zero-order valence-corrected chi connectivity index (χ0v) is 12.6. The predicted molar refractivity (Wildman–Crippen MR) is 77.3 cm³/mol. The van der Waals surface area contributed by atoms with Gasteiger partial charge in [0, 0.05) is 20.1 Å². The van der Waals surface area contributed by atoms with E-state index in [1.165, 1.54) is 25.4 Å². The van der Waals surface area contributed by atoms with Crippen LogP contribution in [0.2, 0.25) is 0 Å². The van der Waals surface area contributed by atoms with Crippen molar-refractivity contribution in [2.45, 2.75) is 25.4 Å². The maximum absolute atomic E-state index is 11.9. The first-order valence-corrected chi connectivity index (χ1v) is 7.20. The summed E-state index contributed by atoms with van der Waals surface area (Å²) in [6.07, 6.45) is 0.156. The molecule has 2 atom stereocenters. The molecule has 1 heterocycles. The Morgan fingerprint density at radius 1 is 1.38 bits per heavy atom. The number of carbonyl (C=O) groups is 3. The van der Waals surface area contributed by atoms with Crippen LogP contribution in [0.4, 0.5) is 0 Å². The van der Waals surface area contributed by atoms with Gasteiger partial charge in [0.2, 0.25) is 5.91 Å². The van der Waals surface area contributed by atoms with E-state index in [0.29, 0.717) is 4.88 Å². The summed E-state index contributed by atoms with van der Waals surface area (Å²) in [5, 5.41) is 15.7. The van der Waals surface area contributed by atoms with Crippen molar-refractivity contribution in [2.75, 3.05) is 13.7 Å². The molecule has 0 aromatic carbocycles. The third-order valence-electron chi connectivity index (χ3n) is 2.71. The van der Waals surface area contributed by atoms with Crippen molar-refractivity contribution in [2.24, 2.45) is 0 Å². The van der Waals surface area contributed by atoms with Gasteiger partial charge in [0.15, 0.2) is 0 Å². The molecule has 0 aliphatic rings. The minimum absolute atomic E-state index is 0.156. The summed E-state index contributed by atoms with van der Waals surface area (Å²) in [7, 11) is 1.45. The normalized spacial score (nSPS) is 13.2. The second kappa shape index (κ2) is 8.38. The lowest BCUT2D eigenvalue weighted by atomic mass is 10.2. The average molecular weight is 314 g/mol. The van der Waals surface area contributed by atoms with E-state index >= 15 is 0 Å². The molecule has 116 valence electrons. The topological polar surface area (TPSA) is 105 Å². The summed E-state index contributed by atoms with van der Waals surface area (Å²) in [6.45, 7) is 1.71. The van der Waals surface area contributed by atoms with Gasteiger partial charge in [0.25, 0.3) is 5.91 Å². The van der Waals surface area contributed by atoms with Crippen LogP contribution >= 0.6 is 11.3 Å². The number of rotatable bonds is 8. The summed E-state index contributed by atoms with van der Waals surface area (Å²) in [6, 6.07) is 1.50. The number of nitrogens with one attached hydrogen (secondary N) is 2. The molecule has 0 bridgehead atoms. The van der Waals surface area contributed by atoms with Gasteiger partial charge in [-0.3, -0.25) is 9.59 Å². The minimum Gasteiger partial charge on any atom is -0.480 e. The lowest BCUT2D eigenvalue weighted by Gasteiger charge is -2.18. The van der Waals surface area contributed by atoms with Crippen LogP contribution in [-0.4, -0.2) is 48.7 Å². The van der Waals surface area contributed by atoms with Gasteiger partial charge >= 0.3 is 5.97 Å². The number of carboxylic acid groups (broad SMARTS) is 1. The summed E-state index contributed by atoms with van der Waals surface area (Å²) in [5.41, 5.74) is 0. The standard InChI is InChI=1S/C13H18N2O5S/c1-8(14-12(17)10-4-3-7-21-10)11(16)15-9(13(18)19)5-6-20-2/h3-4,7-9H,5-6H2,1-2H3,(H,14,17)(H,15,16)(H,18,19). The second-order valence-electron chi connectivity index (χ2n) is 4.35. The van der Waals surface area contributed by atoms with Gasteiger partial charge in [-0.15, -0.1) is 11.3 Å². The van der Waals surface area contributed by atoms with E-state index in [-0.39, 0.29) is 18.9 Å². The molecule has 0 aliphatic carbocycles. The molecule has 1 aromatic rings. The van der Waals surface area contributed by atoms with Crippen LogP contribution in [0.3, 0.4) is 0 Å². The number of thiophene rings is 1. The summed E-state index contributed by atoms with van der Waals surface area (Å²) >= 11 is 1.26. The number of ether oxygens (including phenoxy) is 1. The van der Waals surface area contributed by atoms with E-state index in [1.807, 2.05) is 0 Å². The molecule has 1 aromatic heterocycles. The number of methoxy groups -OCH3 is 1. The van der Waals surface area contributed by atoms with Crippen molar-refractivity contribution in [1.29, 1.82) is 0 Å². The molecule has 1 rings (SSSR count). The third kappa shape index (κ3) is 5.52. The maximum Gasteiger partial charge on any atom is 0.326 e. The number of amides is 2. The lowest BCUT2D eigenvalue weighted by molar-refractivity contribution is -0.142. The average Bonchev–Trinajstić information content (AvgIpc) is 2.96. The van der Waals surface area contributed by atoms with Gasteiger partial charge in [0.1, 0.15) is 12.1 Å². The van der Waals surface area contributed by atoms with Gasteiger partial charge in [-0.1, -0.05) is 6.07 Å². The molecule has 7 nitrogen and oxygen atoms in total. The van der Waals surface area contributed by atoms with E-state index in [1.54, 1.807) is 17.5 Å². The highest BCUT2D eigenvalue weighted by Crippen LogP contribution is 2.08. The number of hydrogen-bond acceptors (Lipinski definition) is 5. The van der Waals surface area contributed by atoms with Crippen LogP contribution in [0.25, 0.3) is 0 Å². The van der Waals surface area contributed by atoms with E-state index in [2.05, 4.69) is 10.6 Å². The molecule has 0 saturated heterocycles. The number of carbonyl (C=O) groups excluding carboxylic acids is 2. The molecule has 0 spiro atoms. The SMILES string of the molecule is COCCC(NC(=O)C(C)NC(=O)c1cccs1)C(=O)O. The van der Waals surface area contributed by atoms with Gasteiger partial charge in [-0.25, -0.2) is 4.79 Å². The van der Waals surface area contributed by atoms with Crippen molar-refractivity contribution in [1.82, 2.24) is 10.6 Å². The molecule has 0 saturated carbocycles. The number of hydrogen-bond donors (Lipinski definition) is 3. The van der Waals surface area contributed by atoms with E-state index in [0.717, 1.165) is 0 Å². The number of aliphatic carboxylic acids is 1. The molecule has 2 unspecified atom stereocenters. The van der Waals surface area contributed by atoms with E-state index < -0.39 is 24.0 Å². The Morgan fingerprint density at radius 3 is 2.62 bits per heavy atom. The Hall–Kier alpha value is -1.93. The van der Waals surface area contributed by atoms with Crippen molar-refractivity contribution >= 4 is 29.1 Å². The van der Waals surface area contributed by atoms with Crippen LogP contribution in [0.15, 0.2) is 17.5 Å². The predicted octanol–water partition coefficient (Wildman–Crippen LogP) is 0.472. The van der Waals surface area contributed by atoms with Crippen molar-refractivity contribution in [3.05, 3.63) is 22.4 Å². The molecule has 3 N–H and O–H groups in total. The van der Waals surface area contributed by atoms with Gasteiger partial charge in [-0.05, 0) is 18.4 Å². The first kappa shape index (κ1) is 17.1. The fourth-order valence-electron chi connectivity index (χ4n) is 1.53. The van der Waals surface area contributed by atoms with E-state index in [4.69, 9.17) is 9.84 Å². The first-order valence-electron chi connectivity index (χ1n) is 6.32. The minimum atomic E-state index is -1.14. The smallest absolute Gasteiger partial charge is 0.326 e. The molecule has 0 fully saturated rings. The molecule has 0 aliphatic heterocycles. The fourth-order valence-corrected chi connectivity index (χ4v) is 2.16. The largest absolute Gasteiger partial charge is 0.480 e. The quantitative estimate of drug-likeness (QED) is 0.647. The Balaban J connectivity index is 2.52. The zero-order chi connectivity index (χ0) is 15.8. The molecule has 21 heavy (non-hydrogen) atoms. The number of carboxylic acids is 1. The monoisotopic (exact) mass is 314 g/mol. The van der Waals surface area contributed by atoms with Gasteiger partial charge in [0.05, 0.1) is 4.88 Å². The van der Waals surface area contributed by atoms with Crippen LogP contribution in [0.5, 0.6) is 0 Å². The Bertz CT molecular complexity index is 489. The fraction of sp³-hybridized carbons (Fsp3) is 0.462. The first-order chi connectivity index (χ1) is 9.95. The van der Waals surface area contributed by atoms with Crippen LogP contribution in [0.1, 0.15) is 23.0 Å². The Labute approximate surface area is 126 Å². The van der Waals surface area contributed by atoms with Crippen LogP contribution < -0.4 is 10.6 Å². The van der Waals surface area contributed by atoms with Gasteiger partial charge < -0.3 is 20.5 Å². The van der Waals surface area contributed by atoms with E-state index in [9.17, 15) is 14.4 Å². The summed E-state index contributed by atoms with van der Waals surface area (Å²) in [5.74, 6) is -2.06. The van der Waals surface area contributed by atoms with Crippen LogP contribution in [-0.2, 0) is 14.3 Å².